The summed E-state index contributed by atoms with van der Waals surface area (Å²) in [4.78, 5) is 23.6. The summed E-state index contributed by atoms with van der Waals surface area (Å²) in [6.45, 7) is 8.33. The molecule has 0 amide bonds. The summed E-state index contributed by atoms with van der Waals surface area (Å²) in [5.41, 5.74) is 0.667. The van der Waals surface area contributed by atoms with Gasteiger partial charge < -0.3 is 4.74 Å². The molecule has 0 bridgehead atoms. The van der Waals surface area contributed by atoms with Crippen molar-refractivity contribution in [2.24, 2.45) is 40.4 Å². The zero-order chi connectivity index (χ0) is 18.7. The Labute approximate surface area is 158 Å². The summed E-state index contributed by atoms with van der Waals surface area (Å²) in [5, 5.41) is 0. The van der Waals surface area contributed by atoms with Crippen molar-refractivity contribution in [1.82, 2.24) is 0 Å². The van der Waals surface area contributed by atoms with Crippen LogP contribution in [-0.2, 0) is 14.3 Å². The normalized spacial score (nSPS) is 50.3. The first-order chi connectivity index (χ1) is 12.3. The van der Waals surface area contributed by atoms with Crippen molar-refractivity contribution in [2.45, 2.75) is 91.6 Å². The van der Waals surface area contributed by atoms with Crippen molar-refractivity contribution < 1.29 is 14.3 Å². The molecule has 0 unspecified atom stereocenters. The minimum atomic E-state index is -0.123. The van der Waals surface area contributed by atoms with Crippen molar-refractivity contribution in [2.75, 3.05) is 0 Å². The summed E-state index contributed by atoms with van der Waals surface area (Å²) >= 11 is 0. The van der Waals surface area contributed by atoms with Crippen LogP contribution in [0.3, 0.4) is 0 Å². The van der Waals surface area contributed by atoms with Gasteiger partial charge in [-0.25, -0.2) is 0 Å². The molecule has 8 atom stereocenters. The number of carbonyl (C=O) groups excluding carboxylic acids is 2. The van der Waals surface area contributed by atoms with Crippen LogP contribution in [0, 0.1) is 40.4 Å². The van der Waals surface area contributed by atoms with Crippen LogP contribution >= 0.6 is 0 Å². The van der Waals surface area contributed by atoms with Crippen LogP contribution in [0.15, 0.2) is 0 Å². The standard InChI is InChI=1S/C23H36O3/c1-14(24)19-7-8-20-18-6-5-16-13-17(26-15(2)25)9-11-22(16,3)21(18)10-12-23(19,20)4/h16-21H,5-13H2,1-4H3/t16-,17-,18+,19-,20-,21+,22-,23-/m1/s1. The third-order valence-electron chi connectivity index (χ3n) is 9.44. The van der Waals surface area contributed by atoms with Gasteiger partial charge in [0.1, 0.15) is 11.9 Å². The molecule has 0 aliphatic heterocycles. The molecule has 4 aliphatic carbocycles. The van der Waals surface area contributed by atoms with Gasteiger partial charge in [-0.2, -0.15) is 0 Å². The molecular weight excluding hydrogens is 324 g/mol. The zero-order valence-corrected chi connectivity index (χ0v) is 17.1. The van der Waals surface area contributed by atoms with Gasteiger partial charge in [-0.1, -0.05) is 13.8 Å². The van der Waals surface area contributed by atoms with E-state index in [4.69, 9.17) is 4.74 Å². The third kappa shape index (κ3) is 2.67. The highest BCUT2D eigenvalue weighted by Crippen LogP contribution is 2.67. The third-order valence-corrected chi connectivity index (χ3v) is 9.44. The summed E-state index contributed by atoms with van der Waals surface area (Å²) < 4.78 is 5.57. The predicted molar refractivity (Wildman–Crippen MR) is 101 cm³/mol. The molecule has 0 N–H and O–H groups in total. The monoisotopic (exact) mass is 360 g/mol. The van der Waals surface area contributed by atoms with Gasteiger partial charge in [0.05, 0.1) is 0 Å². The molecule has 4 fully saturated rings. The molecule has 4 rings (SSSR count). The van der Waals surface area contributed by atoms with E-state index in [1.54, 1.807) is 0 Å². The fourth-order valence-electron chi connectivity index (χ4n) is 8.23. The van der Waals surface area contributed by atoms with Gasteiger partial charge in [0.25, 0.3) is 0 Å². The number of hydrogen-bond acceptors (Lipinski definition) is 3. The molecule has 0 aromatic carbocycles. The first-order valence-electron chi connectivity index (χ1n) is 10.9. The van der Waals surface area contributed by atoms with E-state index in [1.165, 1.54) is 45.4 Å². The van der Waals surface area contributed by atoms with Gasteiger partial charge in [0, 0.05) is 12.8 Å². The quantitative estimate of drug-likeness (QED) is 0.638. The Kier molecular flexibility index (Phi) is 4.51. The summed E-state index contributed by atoms with van der Waals surface area (Å²) in [6, 6.07) is 0. The maximum atomic E-state index is 12.2. The van der Waals surface area contributed by atoms with E-state index in [2.05, 4.69) is 13.8 Å². The van der Waals surface area contributed by atoms with Gasteiger partial charge in [-0.3, -0.25) is 9.59 Å². The molecule has 0 heterocycles. The number of fused-ring (bicyclic) bond motifs is 5. The van der Waals surface area contributed by atoms with Crippen LogP contribution < -0.4 is 0 Å². The van der Waals surface area contributed by atoms with E-state index < -0.39 is 0 Å². The second-order valence-electron chi connectivity index (χ2n) is 10.4. The Morgan fingerprint density at radius 2 is 1.54 bits per heavy atom. The largest absolute Gasteiger partial charge is 0.463 e. The molecule has 0 radical (unpaired) electrons. The molecule has 0 aromatic rings. The Balaban J connectivity index is 1.54. The molecule has 3 nitrogen and oxygen atoms in total. The lowest BCUT2D eigenvalue weighted by atomic mass is 9.44. The number of esters is 1. The average molecular weight is 361 g/mol. The number of ketones is 1. The van der Waals surface area contributed by atoms with Crippen molar-refractivity contribution >= 4 is 11.8 Å². The minimum absolute atomic E-state index is 0.123. The van der Waals surface area contributed by atoms with Gasteiger partial charge in [-0.05, 0) is 99.2 Å². The highest BCUT2D eigenvalue weighted by molar-refractivity contribution is 5.79. The highest BCUT2D eigenvalue weighted by atomic mass is 16.5. The molecule has 4 aliphatic rings. The van der Waals surface area contributed by atoms with E-state index in [0.717, 1.165) is 37.0 Å². The highest BCUT2D eigenvalue weighted by Gasteiger charge is 2.60. The number of carbonyl (C=O) groups is 2. The second-order valence-corrected chi connectivity index (χ2v) is 10.4. The van der Waals surface area contributed by atoms with Gasteiger partial charge in [-0.15, -0.1) is 0 Å². The number of ether oxygens (including phenoxy) is 1. The predicted octanol–water partition coefficient (Wildman–Crippen LogP) is 5.17. The van der Waals surface area contributed by atoms with E-state index in [0.29, 0.717) is 23.0 Å². The van der Waals surface area contributed by atoms with Gasteiger partial charge in [0.2, 0.25) is 0 Å². The molecule has 0 saturated heterocycles. The first-order valence-corrected chi connectivity index (χ1v) is 10.9. The zero-order valence-electron chi connectivity index (χ0n) is 17.1. The van der Waals surface area contributed by atoms with Gasteiger partial charge >= 0.3 is 5.97 Å². The van der Waals surface area contributed by atoms with Crippen molar-refractivity contribution in [3.05, 3.63) is 0 Å². The van der Waals surface area contributed by atoms with Crippen LogP contribution in [0.2, 0.25) is 0 Å². The van der Waals surface area contributed by atoms with E-state index in [1.807, 2.05) is 6.92 Å². The smallest absolute Gasteiger partial charge is 0.302 e. The van der Waals surface area contributed by atoms with Crippen LogP contribution in [0.5, 0.6) is 0 Å². The lowest BCUT2D eigenvalue weighted by molar-refractivity contribution is -0.161. The lowest BCUT2D eigenvalue weighted by Crippen LogP contribution is -2.54. The van der Waals surface area contributed by atoms with Crippen molar-refractivity contribution in [3.63, 3.8) is 0 Å². The summed E-state index contributed by atoms with van der Waals surface area (Å²) in [7, 11) is 0. The second kappa shape index (κ2) is 6.34. The number of Topliss-reactive ketones (excluding diaryl/α,β-unsaturated/α-hetero) is 1. The molecule has 146 valence electrons. The van der Waals surface area contributed by atoms with Crippen LogP contribution in [0.4, 0.5) is 0 Å². The van der Waals surface area contributed by atoms with E-state index in [-0.39, 0.29) is 17.5 Å². The Bertz CT molecular complexity index is 598. The number of rotatable bonds is 2. The fraction of sp³-hybridized carbons (Fsp3) is 0.913. The fourth-order valence-corrected chi connectivity index (χ4v) is 8.23. The molecule has 0 spiro atoms. The molecule has 0 aromatic heterocycles. The lowest BCUT2D eigenvalue weighted by Gasteiger charge is -2.61. The molecule has 4 saturated carbocycles. The van der Waals surface area contributed by atoms with Crippen LogP contribution in [0.1, 0.15) is 85.5 Å². The van der Waals surface area contributed by atoms with Gasteiger partial charge in [0.15, 0.2) is 0 Å². The maximum Gasteiger partial charge on any atom is 0.302 e. The minimum Gasteiger partial charge on any atom is -0.463 e. The Morgan fingerprint density at radius 3 is 2.23 bits per heavy atom. The molecular formula is C23H36O3. The SMILES string of the molecule is CC(=O)O[C@@H]1CC[C@]2(C)[C@H](CC[C@H]3[C@H]4CC[C@H](C(C)=O)[C@@]4(C)CC[C@@H]32)C1. The maximum absolute atomic E-state index is 12.2. The average Bonchev–Trinajstić information content (AvgIpc) is 2.92. The summed E-state index contributed by atoms with van der Waals surface area (Å²) in [6.07, 6.45) is 11.0. The topological polar surface area (TPSA) is 43.4 Å². The van der Waals surface area contributed by atoms with Crippen LogP contribution in [-0.4, -0.2) is 17.9 Å². The van der Waals surface area contributed by atoms with Crippen molar-refractivity contribution in [3.8, 4) is 0 Å². The Hall–Kier alpha value is -0.860. The Morgan fingerprint density at radius 1 is 0.846 bits per heavy atom. The van der Waals surface area contributed by atoms with Crippen LogP contribution in [0.25, 0.3) is 0 Å². The van der Waals surface area contributed by atoms with E-state index in [9.17, 15) is 9.59 Å². The van der Waals surface area contributed by atoms with Crippen molar-refractivity contribution in [1.29, 1.82) is 0 Å². The number of hydrogen-bond donors (Lipinski definition) is 0. The first kappa shape index (κ1) is 18.5. The van der Waals surface area contributed by atoms with E-state index >= 15 is 0 Å². The molecule has 26 heavy (non-hydrogen) atoms. The molecule has 3 heteroatoms. The summed E-state index contributed by atoms with van der Waals surface area (Å²) in [5.74, 6) is 3.68.